The SMILES string of the molecule is N#Cc1cc(N)ccc1NC(=O)c1ccoc1Br. The molecule has 18 heavy (non-hydrogen) atoms. The first kappa shape index (κ1) is 12.2. The molecule has 0 aliphatic heterocycles. The molecular formula is C12H8BrN3O2. The Morgan fingerprint density at radius 1 is 1.44 bits per heavy atom. The van der Waals surface area contributed by atoms with Gasteiger partial charge in [0.05, 0.1) is 23.1 Å². The molecule has 1 heterocycles. The minimum absolute atomic E-state index is 0.308. The predicted octanol–water partition coefficient (Wildman–Crippen LogP) is 2.75. The van der Waals surface area contributed by atoms with E-state index >= 15 is 0 Å². The fourth-order valence-corrected chi connectivity index (χ4v) is 1.83. The summed E-state index contributed by atoms with van der Waals surface area (Å²) in [6.07, 6.45) is 1.40. The summed E-state index contributed by atoms with van der Waals surface area (Å²) < 4.78 is 5.31. The molecule has 90 valence electrons. The van der Waals surface area contributed by atoms with Crippen molar-refractivity contribution in [2.45, 2.75) is 0 Å². The Balaban J connectivity index is 2.28. The topological polar surface area (TPSA) is 92.0 Å². The maximum atomic E-state index is 11.9. The van der Waals surface area contributed by atoms with Gasteiger partial charge in [-0.2, -0.15) is 5.26 Å². The van der Waals surface area contributed by atoms with Gasteiger partial charge in [0.15, 0.2) is 4.67 Å². The molecular weight excluding hydrogens is 298 g/mol. The number of rotatable bonds is 2. The molecule has 2 aromatic rings. The van der Waals surface area contributed by atoms with E-state index in [2.05, 4.69) is 21.2 Å². The smallest absolute Gasteiger partial charge is 0.260 e. The molecule has 1 aromatic carbocycles. The summed E-state index contributed by atoms with van der Waals surface area (Å²) >= 11 is 3.11. The number of halogens is 1. The molecule has 6 heteroatoms. The second-order valence-corrected chi connectivity index (χ2v) is 4.20. The van der Waals surface area contributed by atoms with Gasteiger partial charge in [-0.05, 0) is 40.2 Å². The van der Waals surface area contributed by atoms with Crippen LogP contribution >= 0.6 is 15.9 Å². The van der Waals surface area contributed by atoms with Gasteiger partial charge in [0.2, 0.25) is 0 Å². The number of furan rings is 1. The van der Waals surface area contributed by atoms with Gasteiger partial charge in [-0.25, -0.2) is 0 Å². The Kier molecular flexibility index (Phi) is 3.35. The number of nitrogens with one attached hydrogen (secondary N) is 1. The summed E-state index contributed by atoms with van der Waals surface area (Å²) in [7, 11) is 0. The van der Waals surface area contributed by atoms with Crippen molar-refractivity contribution in [3.8, 4) is 6.07 Å². The highest BCUT2D eigenvalue weighted by atomic mass is 79.9. The van der Waals surface area contributed by atoms with Crippen LogP contribution < -0.4 is 11.1 Å². The zero-order valence-corrected chi connectivity index (χ0v) is 10.7. The number of benzene rings is 1. The number of nitrogen functional groups attached to an aromatic ring is 1. The third-order valence-electron chi connectivity index (χ3n) is 2.27. The van der Waals surface area contributed by atoms with Crippen LogP contribution in [0.4, 0.5) is 11.4 Å². The van der Waals surface area contributed by atoms with E-state index in [9.17, 15) is 4.79 Å². The summed E-state index contributed by atoms with van der Waals surface area (Å²) in [4.78, 5) is 11.9. The summed E-state index contributed by atoms with van der Waals surface area (Å²) in [5, 5.41) is 11.6. The van der Waals surface area contributed by atoms with Crippen LogP contribution in [0, 0.1) is 11.3 Å². The quantitative estimate of drug-likeness (QED) is 0.834. The molecule has 0 atom stereocenters. The molecule has 0 saturated heterocycles. The van der Waals surface area contributed by atoms with Gasteiger partial charge in [-0.15, -0.1) is 0 Å². The maximum Gasteiger partial charge on any atom is 0.260 e. The molecule has 5 nitrogen and oxygen atoms in total. The Labute approximate surface area is 111 Å². The number of amides is 1. The van der Waals surface area contributed by atoms with Crippen molar-refractivity contribution in [3.05, 3.63) is 46.3 Å². The van der Waals surface area contributed by atoms with E-state index < -0.39 is 0 Å². The minimum atomic E-state index is -0.364. The molecule has 0 aliphatic rings. The number of carbonyl (C=O) groups is 1. The van der Waals surface area contributed by atoms with Crippen molar-refractivity contribution in [1.29, 1.82) is 5.26 Å². The van der Waals surface area contributed by atoms with Crippen molar-refractivity contribution in [3.63, 3.8) is 0 Å². The summed E-state index contributed by atoms with van der Waals surface area (Å²) in [6.45, 7) is 0. The lowest BCUT2D eigenvalue weighted by Crippen LogP contribution is -2.12. The van der Waals surface area contributed by atoms with E-state index in [1.165, 1.54) is 18.4 Å². The number of anilines is 2. The van der Waals surface area contributed by atoms with Gasteiger partial charge in [0.1, 0.15) is 6.07 Å². The highest BCUT2D eigenvalue weighted by molar-refractivity contribution is 9.10. The molecule has 0 spiro atoms. The van der Waals surface area contributed by atoms with Crippen molar-refractivity contribution in [1.82, 2.24) is 0 Å². The standard InChI is InChI=1S/C12H8BrN3O2/c13-11-9(3-4-18-11)12(17)16-10-2-1-8(15)5-7(10)6-14/h1-5H,15H2,(H,16,17). The molecule has 0 radical (unpaired) electrons. The van der Waals surface area contributed by atoms with Gasteiger partial charge < -0.3 is 15.5 Å². The van der Waals surface area contributed by atoms with Gasteiger partial charge in [-0.1, -0.05) is 0 Å². The van der Waals surface area contributed by atoms with Crippen molar-refractivity contribution in [2.24, 2.45) is 0 Å². The van der Waals surface area contributed by atoms with Crippen LogP contribution in [0.15, 0.2) is 39.6 Å². The highest BCUT2D eigenvalue weighted by Crippen LogP contribution is 2.22. The van der Waals surface area contributed by atoms with Crippen molar-refractivity contribution >= 4 is 33.2 Å². The Hall–Kier alpha value is -2.26. The Morgan fingerprint density at radius 2 is 2.22 bits per heavy atom. The Morgan fingerprint density at radius 3 is 2.83 bits per heavy atom. The number of nitriles is 1. The average molecular weight is 306 g/mol. The number of carbonyl (C=O) groups excluding carboxylic acids is 1. The third kappa shape index (κ3) is 2.36. The normalized spacial score (nSPS) is 9.78. The van der Waals surface area contributed by atoms with Gasteiger partial charge >= 0.3 is 0 Å². The van der Waals surface area contributed by atoms with E-state index in [0.717, 1.165) is 0 Å². The molecule has 1 amide bonds. The van der Waals surface area contributed by atoms with Crippen LogP contribution in [0.3, 0.4) is 0 Å². The monoisotopic (exact) mass is 305 g/mol. The second-order valence-electron chi connectivity index (χ2n) is 3.48. The zero-order chi connectivity index (χ0) is 13.1. The van der Waals surface area contributed by atoms with E-state index in [1.54, 1.807) is 12.1 Å². The van der Waals surface area contributed by atoms with E-state index in [-0.39, 0.29) is 5.91 Å². The fourth-order valence-electron chi connectivity index (χ4n) is 1.41. The lowest BCUT2D eigenvalue weighted by molar-refractivity contribution is 0.102. The number of nitrogens with two attached hydrogens (primary N) is 1. The second kappa shape index (κ2) is 4.94. The van der Waals surface area contributed by atoms with E-state index in [4.69, 9.17) is 15.4 Å². The van der Waals surface area contributed by atoms with E-state index in [0.29, 0.717) is 27.2 Å². The van der Waals surface area contributed by atoms with Gasteiger partial charge in [0, 0.05) is 5.69 Å². The molecule has 0 unspecified atom stereocenters. The Bertz CT molecular complexity index is 643. The lowest BCUT2D eigenvalue weighted by atomic mass is 10.1. The number of nitrogens with zero attached hydrogens (tertiary/aromatic N) is 1. The molecule has 3 N–H and O–H groups in total. The highest BCUT2D eigenvalue weighted by Gasteiger charge is 2.14. The number of hydrogen-bond donors (Lipinski definition) is 2. The summed E-state index contributed by atoms with van der Waals surface area (Å²) in [6, 6.07) is 8.20. The lowest BCUT2D eigenvalue weighted by Gasteiger charge is -2.06. The van der Waals surface area contributed by atoms with Crippen LogP contribution in [0.5, 0.6) is 0 Å². The zero-order valence-electron chi connectivity index (χ0n) is 9.11. The predicted molar refractivity (Wildman–Crippen MR) is 69.9 cm³/mol. The molecule has 0 aliphatic carbocycles. The number of hydrogen-bond acceptors (Lipinski definition) is 4. The van der Waals surface area contributed by atoms with Crippen molar-refractivity contribution < 1.29 is 9.21 Å². The largest absolute Gasteiger partial charge is 0.457 e. The van der Waals surface area contributed by atoms with Crippen LogP contribution in [-0.4, -0.2) is 5.91 Å². The first-order chi connectivity index (χ1) is 8.61. The first-order valence-corrected chi connectivity index (χ1v) is 5.75. The molecule has 0 fully saturated rings. The van der Waals surface area contributed by atoms with Crippen LogP contribution in [0.1, 0.15) is 15.9 Å². The summed E-state index contributed by atoms with van der Waals surface area (Å²) in [5.41, 5.74) is 7.11. The van der Waals surface area contributed by atoms with Crippen LogP contribution in [0.2, 0.25) is 0 Å². The first-order valence-electron chi connectivity index (χ1n) is 4.96. The molecule has 0 bridgehead atoms. The van der Waals surface area contributed by atoms with Crippen molar-refractivity contribution in [2.75, 3.05) is 11.1 Å². The van der Waals surface area contributed by atoms with Gasteiger partial charge in [-0.3, -0.25) is 4.79 Å². The average Bonchev–Trinajstić information content (AvgIpc) is 2.77. The molecule has 0 saturated carbocycles. The molecule has 1 aromatic heterocycles. The molecule has 2 rings (SSSR count). The maximum absolute atomic E-state index is 11.9. The fraction of sp³-hybridized carbons (Fsp3) is 0. The van der Waals surface area contributed by atoms with Gasteiger partial charge in [0.25, 0.3) is 5.91 Å². The minimum Gasteiger partial charge on any atom is -0.457 e. The third-order valence-corrected chi connectivity index (χ3v) is 2.89. The van der Waals surface area contributed by atoms with Crippen LogP contribution in [0.25, 0.3) is 0 Å². The van der Waals surface area contributed by atoms with Crippen LogP contribution in [-0.2, 0) is 0 Å². The summed E-state index contributed by atoms with van der Waals surface area (Å²) in [5.74, 6) is -0.364. The van der Waals surface area contributed by atoms with E-state index in [1.807, 2.05) is 6.07 Å².